The molecule has 2 N–H and O–H groups in total. The molecule has 0 saturated heterocycles. The maximum Gasteiger partial charge on any atom is 0.129 e. The predicted octanol–water partition coefficient (Wildman–Crippen LogP) is 4.28. The first-order chi connectivity index (χ1) is 8.90. The summed E-state index contributed by atoms with van der Waals surface area (Å²) >= 11 is 5.99. The van der Waals surface area contributed by atoms with E-state index >= 15 is 0 Å². The Hall–Kier alpha value is -1.45. The van der Waals surface area contributed by atoms with Crippen LogP contribution in [-0.2, 0) is 0 Å². The van der Waals surface area contributed by atoms with Crippen molar-refractivity contribution < 1.29 is 8.78 Å². The number of nitrogens with two attached hydrogens (primary N) is 1. The van der Waals surface area contributed by atoms with Crippen LogP contribution in [0.25, 0.3) is 0 Å². The normalized spacial score (nSPS) is 12.5. The first-order valence-electron chi connectivity index (χ1n) is 5.87. The highest BCUT2D eigenvalue weighted by Crippen LogP contribution is 2.29. The highest BCUT2D eigenvalue weighted by Gasteiger charge is 2.15. The van der Waals surface area contributed by atoms with Crippen molar-refractivity contribution in [2.75, 3.05) is 0 Å². The van der Waals surface area contributed by atoms with E-state index in [4.69, 9.17) is 17.3 Å². The van der Waals surface area contributed by atoms with Gasteiger partial charge in [0.1, 0.15) is 11.6 Å². The predicted molar refractivity (Wildman–Crippen MR) is 73.3 cm³/mol. The number of benzene rings is 2. The van der Waals surface area contributed by atoms with Crippen LogP contribution in [0.5, 0.6) is 0 Å². The second kappa shape index (κ2) is 5.27. The molecule has 0 aliphatic carbocycles. The molecule has 4 heteroatoms. The summed E-state index contributed by atoms with van der Waals surface area (Å²) in [5, 5.41) is 0.270. The van der Waals surface area contributed by atoms with E-state index in [0.717, 1.165) is 5.56 Å². The van der Waals surface area contributed by atoms with Gasteiger partial charge in [0.25, 0.3) is 0 Å². The molecule has 0 amide bonds. The van der Waals surface area contributed by atoms with Gasteiger partial charge < -0.3 is 5.73 Å². The van der Waals surface area contributed by atoms with E-state index < -0.39 is 11.9 Å². The highest BCUT2D eigenvalue weighted by molar-refractivity contribution is 6.31. The quantitative estimate of drug-likeness (QED) is 0.873. The fraction of sp³-hybridized carbons (Fsp3) is 0.200. The van der Waals surface area contributed by atoms with Gasteiger partial charge in [-0.3, -0.25) is 0 Å². The zero-order chi connectivity index (χ0) is 14.2. The van der Waals surface area contributed by atoms with E-state index in [1.165, 1.54) is 12.1 Å². The molecule has 0 bridgehead atoms. The van der Waals surface area contributed by atoms with Crippen LogP contribution in [0.4, 0.5) is 8.78 Å². The third kappa shape index (κ3) is 2.77. The number of rotatable bonds is 2. The molecule has 1 atom stereocenters. The Morgan fingerprint density at radius 2 is 1.63 bits per heavy atom. The summed E-state index contributed by atoms with van der Waals surface area (Å²) in [5.74, 6) is -0.645. The molecule has 0 radical (unpaired) electrons. The Morgan fingerprint density at radius 1 is 1.05 bits per heavy atom. The molecule has 1 nitrogen and oxygen atoms in total. The van der Waals surface area contributed by atoms with Crippen molar-refractivity contribution in [3.8, 4) is 0 Å². The molecule has 2 rings (SSSR count). The molecule has 0 aliphatic heterocycles. The van der Waals surface area contributed by atoms with Gasteiger partial charge in [-0.25, -0.2) is 8.78 Å². The van der Waals surface area contributed by atoms with Crippen molar-refractivity contribution in [3.63, 3.8) is 0 Å². The second-order valence-corrected chi connectivity index (χ2v) is 5.02. The van der Waals surface area contributed by atoms with Gasteiger partial charge in [0, 0.05) is 5.02 Å². The molecule has 0 aromatic heterocycles. The van der Waals surface area contributed by atoms with Gasteiger partial charge in [-0.2, -0.15) is 0 Å². The molecule has 0 fully saturated rings. The average molecular weight is 282 g/mol. The summed E-state index contributed by atoms with van der Waals surface area (Å²) in [7, 11) is 0. The molecule has 1 unspecified atom stereocenters. The van der Waals surface area contributed by atoms with Crippen molar-refractivity contribution in [1.29, 1.82) is 0 Å². The molecule has 0 aliphatic rings. The van der Waals surface area contributed by atoms with Crippen molar-refractivity contribution in [2.45, 2.75) is 19.9 Å². The maximum absolute atomic E-state index is 13.6. The molecular weight excluding hydrogens is 268 g/mol. The van der Waals surface area contributed by atoms with Crippen molar-refractivity contribution in [1.82, 2.24) is 0 Å². The fourth-order valence-electron chi connectivity index (χ4n) is 2.09. The number of halogens is 3. The largest absolute Gasteiger partial charge is 0.320 e. The van der Waals surface area contributed by atoms with Crippen LogP contribution >= 0.6 is 11.6 Å². The maximum atomic E-state index is 13.6. The summed E-state index contributed by atoms with van der Waals surface area (Å²) in [6.45, 7) is 3.37. The molecule has 19 heavy (non-hydrogen) atoms. The van der Waals surface area contributed by atoms with E-state index in [-0.39, 0.29) is 10.8 Å². The summed E-state index contributed by atoms with van der Waals surface area (Å²) < 4.78 is 26.6. The van der Waals surface area contributed by atoms with E-state index in [9.17, 15) is 8.78 Å². The molecule has 0 heterocycles. The van der Waals surface area contributed by atoms with Gasteiger partial charge in [-0.05, 0) is 48.2 Å². The molecule has 100 valence electrons. The first kappa shape index (κ1) is 14.0. The van der Waals surface area contributed by atoms with Gasteiger partial charge in [0.15, 0.2) is 0 Å². The van der Waals surface area contributed by atoms with Crippen molar-refractivity contribution in [3.05, 3.63) is 69.2 Å². The average Bonchev–Trinajstić information content (AvgIpc) is 2.34. The Bertz CT molecular complexity index is 603. The molecule has 0 spiro atoms. The Kier molecular flexibility index (Phi) is 3.88. The molecule has 0 saturated carbocycles. The minimum Gasteiger partial charge on any atom is -0.320 e. The number of hydrogen-bond donors (Lipinski definition) is 1. The van der Waals surface area contributed by atoms with Crippen LogP contribution < -0.4 is 5.73 Å². The van der Waals surface area contributed by atoms with E-state index in [1.54, 1.807) is 32.0 Å². The van der Waals surface area contributed by atoms with Crippen LogP contribution in [0.1, 0.15) is 28.3 Å². The lowest BCUT2D eigenvalue weighted by Crippen LogP contribution is -2.13. The SMILES string of the molecule is Cc1cc(C(N)c2ccc(F)cc2Cl)cc(C)c1F. The van der Waals surface area contributed by atoms with Crippen LogP contribution in [0.15, 0.2) is 30.3 Å². The van der Waals surface area contributed by atoms with Crippen LogP contribution in [0.2, 0.25) is 5.02 Å². The monoisotopic (exact) mass is 281 g/mol. The van der Waals surface area contributed by atoms with Crippen LogP contribution in [0.3, 0.4) is 0 Å². The lowest BCUT2D eigenvalue weighted by atomic mass is 9.96. The Morgan fingerprint density at radius 3 is 2.16 bits per heavy atom. The van der Waals surface area contributed by atoms with E-state index in [0.29, 0.717) is 16.7 Å². The van der Waals surface area contributed by atoms with E-state index in [2.05, 4.69) is 0 Å². The van der Waals surface area contributed by atoms with Gasteiger partial charge in [0.05, 0.1) is 6.04 Å². The Labute approximate surface area is 116 Å². The molecular formula is C15H14ClF2N. The summed E-state index contributed by atoms with van der Waals surface area (Å²) in [6.07, 6.45) is 0. The van der Waals surface area contributed by atoms with Crippen LogP contribution in [-0.4, -0.2) is 0 Å². The minimum atomic E-state index is -0.508. The van der Waals surface area contributed by atoms with Crippen molar-refractivity contribution >= 4 is 11.6 Å². The summed E-state index contributed by atoms with van der Waals surface area (Å²) in [5.41, 5.74) is 8.56. The zero-order valence-corrected chi connectivity index (χ0v) is 11.4. The molecule has 2 aromatic carbocycles. The van der Waals surface area contributed by atoms with Gasteiger partial charge in [-0.15, -0.1) is 0 Å². The molecule has 2 aromatic rings. The first-order valence-corrected chi connectivity index (χ1v) is 6.25. The lowest BCUT2D eigenvalue weighted by Gasteiger charge is -2.16. The highest BCUT2D eigenvalue weighted by atomic mass is 35.5. The zero-order valence-electron chi connectivity index (χ0n) is 10.7. The smallest absolute Gasteiger partial charge is 0.129 e. The summed E-state index contributed by atoms with van der Waals surface area (Å²) in [6, 6.07) is 6.95. The third-order valence-electron chi connectivity index (χ3n) is 3.12. The standard InChI is InChI=1S/C15H14ClF2N/c1-8-5-10(6-9(2)14(8)18)15(19)12-4-3-11(17)7-13(12)16/h3-7,15H,19H2,1-2H3. The second-order valence-electron chi connectivity index (χ2n) is 4.61. The van der Waals surface area contributed by atoms with E-state index in [1.807, 2.05) is 0 Å². The van der Waals surface area contributed by atoms with Gasteiger partial charge >= 0.3 is 0 Å². The fourth-order valence-corrected chi connectivity index (χ4v) is 2.38. The van der Waals surface area contributed by atoms with Gasteiger partial charge in [0.2, 0.25) is 0 Å². The summed E-state index contributed by atoms with van der Waals surface area (Å²) in [4.78, 5) is 0. The Balaban J connectivity index is 2.47. The minimum absolute atomic E-state index is 0.235. The third-order valence-corrected chi connectivity index (χ3v) is 3.44. The van der Waals surface area contributed by atoms with Crippen molar-refractivity contribution in [2.24, 2.45) is 5.73 Å². The van der Waals surface area contributed by atoms with Crippen LogP contribution in [0, 0.1) is 25.5 Å². The van der Waals surface area contributed by atoms with Gasteiger partial charge in [-0.1, -0.05) is 29.8 Å². The lowest BCUT2D eigenvalue weighted by molar-refractivity contribution is 0.607. The topological polar surface area (TPSA) is 26.0 Å². The number of aryl methyl sites for hydroxylation is 2. The number of hydrogen-bond acceptors (Lipinski definition) is 1.